The highest BCUT2D eigenvalue weighted by Crippen LogP contribution is 2.39. The highest BCUT2D eigenvalue weighted by atomic mass is 19.4. The number of hydrogen-bond donors (Lipinski definition) is 1. The predicted molar refractivity (Wildman–Crippen MR) is 87.6 cm³/mol. The van der Waals surface area contributed by atoms with Crippen LogP contribution in [0.3, 0.4) is 0 Å². The smallest absolute Gasteiger partial charge is 0.444 e. The molecule has 1 aliphatic carbocycles. The van der Waals surface area contributed by atoms with Crippen LogP contribution >= 0.6 is 0 Å². The van der Waals surface area contributed by atoms with Crippen molar-refractivity contribution < 1.29 is 36.6 Å². The van der Waals surface area contributed by atoms with E-state index in [2.05, 4.69) is 10.1 Å². The number of Topliss-reactive ketones (excluding diaryl/α,β-unsaturated/α-hetero) is 1. The number of carbonyl (C=O) groups excluding carboxylic acids is 2. The minimum absolute atomic E-state index is 0.0392. The van der Waals surface area contributed by atoms with Gasteiger partial charge < -0.3 is 14.8 Å². The van der Waals surface area contributed by atoms with Crippen molar-refractivity contribution in [3.8, 4) is 5.75 Å². The molecule has 0 saturated heterocycles. The van der Waals surface area contributed by atoms with Gasteiger partial charge >= 0.3 is 12.5 Å². The molecule has 0 aromatic heterocycles. The largest absolute Gasteiger partial charge is 0.573 e. The second-order valence-electron chi connectivity index (χ2n) is 7.33. The van der Waals surface area contributed by atoms with Crippen LogP contribution in [0.1, 0.15) is 52.0 Å². The lowest BCUT2D eigenvalue weighted by molar-refractivity contribution is -0.275. The fourth-order valence-corrected chi connectivity index (χ4v) is 3.03. The average molecular weight is 391 g/mol. The van der Waals surface area contributed by atoms with Crippen molar-refractivity contribution in [1.29, 1.82) is 0 Å². The summed E-state index contributed by atoms with van der Waals surface area (Å²) in [4.78, 5) is 24.9. The Morgan fingerprint density at radius 1 is 1.19 bits per heavy atom. The predicted octanol–water partition coefficient (Wildman–Crippen LogP) is 4.59. The first-order valence-corrected chi connectivity index (χ1v) is 8.43. The van der Waals surface area contributed by atoms with Gasteiger partial charge in [-0.25, -0.2) is 9.18 Å². The van der Waals surface area contributed by atoms with E-state index in [4.69, 9.17) is 4.74 Å². The van der Waals surface area contributed by atoms with E-state index in [0.717, 1.165) is 12.1 Å². The summed E-state index contributed by atoms with van der Waals surface area (Å²) in [5.41, 5.74) is -3.06. The molecule has 27 heavy (non-hydrogen) atoms. The first kappa shape index (κ1) is 21.0. The molecule has 1 aliphatic rings. The number of rotatable bonds is 3. The van der Waals surface area contributed by atoms with E-state index in [9.17, 15) is 27.2 Å². The maximum Gasteiger partial charge on any atom is 0.573 e. The number of nitrogens with one attached hydrogen (secondary N) is 1. The number of ether oxygens (including phenoxy) is 2. The highest BCUT2D eigenvalue weighted by Gasteiger charge is 2.46. The molecular formula is C18H21F4NO4. The molecule has 1 aromatic carbocycles. The highest BCUT2D eigenvalue weighted by molar-refractivity contribution is 5.93. The van der Waals surface area contributed by atoms with Crippen LogP contribution in [-0.4, -0.2) is 23.8 Å². The maximum absolute atomic E-state index is 14.8. The third-order valence-corrected chi connectivity index (χ3v) is 4.04. The van der Waals surface area contributed by atoms with Gasteiger partial charge in [-0.05, 0) is 46.1 Å². The molecule has 0 spiro atoms. The van der Waals surface area contributed by atoms with E-state index in [-0.39, 0.29) is 18.4 Å². The van der Waals surface area contributed by atoms with E-state index >= 15 is 0 Å². The van der Waals surface area contributed by atoms with Crippen molar-refractivity contribution in [2.75, 3.05) is 0 Å². The fraction of sp³-hybridized carbons (Fsp3) is 0.556. The number of ketones is 1. The molecule has 1 atom stereocenters. The van der Waals surface area contributed by atoms with Gasteiger partial charge in [0, 0.05) is 12.0 Å². The monoisotopic (exact) mass is 391 g/mol. The average Bonchev–Trinajstić information content (AvgIpc) is 2.48. The van der Waals surface area contributed by atoms with Gasteiger partial charge in [-0.15, -0.1) is 13.2 Å². The van der Waals surface area contributed by atoms with Gasteiger partial charge in [0.15, 0.2) is 17.3 Å². The van der Waals surface area contributed by atoms with Gasteiger partial charge in [-0.3, -0.25) is 4.79 Å². The number of hydrogen-bond acceptors (Lipinski definition) is 4. The van der Waals surface area contributed by atoms with Crippen molar-refractivity contribution in [3.63, 3.8) is 0 Å². The minimum Gasteiger partial charge on any atom is -0.444 e. The Hall–Kier alpha value is -2.32. The van der Waals surface area contributed by atoms with Crippen LogP contribution in [0.4, 0.5) is 22.4 Å². The molecule has 0 bridgehead atoms. The summed E-state index contributed by atoms with van der Waals surface area (Å²) in [7, 11) is 0. The zero-order chi connectivity index (χ0) is 20.5. The first-order chi connectivity index (χ1) is 12.3. The van der Waals surface area contributed by atoms with Crippen LogP contribution in [0, 0.1) is 5.82 Å². The van der Waals surface area contributed by atoms with Gasteiger partial charge in [0.2, 0.25) is 0 Å². The zero-order valence-corrected chi connectivity index (χ0v) is 15.2. The Kier molecular flexibility index (Phi) is 5.72. The van der Waals surface area contributed by atoms with Gasteiger partial charge in [-0.2, -0.15) is 0 Å². The Morgan fingerprint density at radius 3 is 2.41 bits per heavy atom. The molecule has 0 unspecified atom stereocenters. The van der Waals surface area contributed by atoms with E-state index in [1.807, 2.05) is 0 Å². The third kappa shape index (κ3) is 5.11. The van der Waals surface area contributed by atoms with Crippen LogP contribution < -0.4 is 10.1 Å². The van der Waals surface area contributed by atoms with Crippen molar-refractivity contribution in [2.24, 2.45) is 0 Å². The van der Waals surface area contributed by atoms with Gasteiger partial charge in [0.25, 0.3) is 0 Å². The van der Waals surface area contributed by atoms with Crippen LogP contribution in [0.2, 0.25) is 0 Å². The Bertz CT molecular complexity index is 727. The van der Waals surface area contributed by atoms with Crippen molar-refractivity contribution in [2.45, 2.75) is 64.0 Å². The van der Waals surface area contributed by atoms with Crippen LogP contribution in [0.5, 0.6) is 5.75 Å². The number of alkyl carbamates (subject to hydrolysis) is 1. The summed E-state index contributed by atoms with van der Waals surface area (Å²) in [6.45, 7) is 4.83. The molecule has 1 fully saturated rings. The summed E-state index contributed by atoms with van der Waals surface area (Å²) >= 11 is 0. The van der Waals surface area contributed by atoms with E-state index < -0.39 is 40.9 Å². The number of alkyl halides is 3. The van der Waals surface area contributed by atoms with Gasteiger partial charge in [-0.1, -0.05) is 12.1 Å². The molecule has 0 heterocycles. The van der Waals surface area contributed by atoms with Gasteiger partial charge in [0.05, 0.1) is 0 Å². The summed E-state index contributed by atoms with van der Waals surface area (Å²) in [5.74, 6) is -2.91. The molecule has 2 rings (SSSR count). The fourth-order valence-electron chi connectivity index (χ4n) is 3.03. The summed E-state index contributed by atoms with van der Waals surface area (Å²) in [6, 6.07) is 3.11. The van der Waals surface area contributed by atoms with E-state index in [1.54, 1.807) is 20.8 Å². The lowest BCUT2D eigenvalue weighted by atomic mass is 9.75. The molecule has 5 nitrogen and oxygen atoms in total. The maximum atomic E-state index is 14.8. The normalized spacial score (nSPS) is 20.9. The standard InChI is InChI=1S/C18H21F4NO4/c1-16(2,3)27-15(25)23-17(10-5-4-9-13(17)24)11-7-6-8-12(14(11)19)26-18(20,21)22/h6-8H,4-5,9-10H2,1-3H3,(H,23,25)/t17-/m1/s1. The number of amides is 1. The molecule has 1 amide bonds. The lowest BCUT2D eigenvalue weighted by Crippen LogP contribution is -2.54. The number of halogens is 4. The molecule has 0 radical (unpaired) electrons. The molecule has 0 aliphatic heterocycles. The summed E-state index contributed by atoms with van der Waals surface area (Å²) in [5, 5.41) is 2.40. The summed E-state index contributed by atoms with van der Waals surface area (Å²) in [6.07, 6.45) is -4.94. The number of carbonyl (C=O) groups is 2. The second kappa shape index (κ2) is 7.36. The minimum atomic E-state index is -5.10. The Morgan fingerprint density at radius 2 is 1.85 bits per heavy atom. The molecule has 150 valence electrons. The second-order valence-corrected chi connectivity index (χ2v) is 7.33. The molecular weight excluding hydrogens is 370 g/mol. The topological polar surface area (TPSA) is 64.6 Å². The molecule has 9 heteroatoms. The number of benzene rings is 1. The lowest BCUT2D eigenvalue weighted by Gasteiger charge is -2.37. The Labute approximate surface area is 154 Å². The molecule has 1 N–H and O–H groups in total. The van der Waals surface area contributed by atoms with Crippen molar-refractivity contribution >= 4 is 11.9 Å². The first-order valence-electron chi connectivity index (χ1n) is 8.43. The van der Waals surface area contributed by atoms with Crippen LogP contribution in [0.25, 0.3) is 0 Å². The van der Waals surface area contributed by atoms with E-state index in [1.165, 1.54) is 6.07 Å². The van der Waals surface area contributed by atoms with Crippen LogP contribution in [0.15, 0.2) is 18.2 Å². The van der Waals surface area contributed by atoms with E-state index in [0.29, 0.717) is 12.8 Å². The SMILES string of the molecule is CC(C)(C)OC(=O)N[C@@]1(c2cccc(OC(F)(F)F)c2F)CCCCC1=O. The quantitative estimate of drug-likeness (QED) is 0.766. The van der Waals surface area contributed by atoms with Crippen LogP contribution in [-0.2, 0) is 15.1 Å². The molecule has 1 saturated carbocycles. The summed E-state index contributed by atoms with van der Waals surface area (Å²) < 4.78 is 61.2. The third-order valence-electron chi connectivity index (χ3n) is 4.04. The van der Waals surface area contributed by atoms with Gasteiger partial charge in [0.1, 0.15) is 11.1 Å². The van der Waals surface area contributed by atoms with Crippen molar-refractivity contribution in [3.05, 3.63) is 29.6 Å². The molecule has 1 aromatic rings. The Balaban J connectivity index is 2.48. The zero-order valence-electron chi connectivity index (χ0n) is 15.2. The van der Waals surface area contributed by atoms with Crippen molar-refractivity contribution in [1.82, 2.24) is 5.32 Å².